The van der Waals surface area contributed by atoms with Crippen LogP contribution in [0.2, 0.25) is 5.02 Å². The van der Waals surface area contributed by atoms with Gasteiger partial charge in [0.2, 0.25) is 25.9 Å². The minimum Gasteiger partial charge on any atom is -0.494 e. The number of pyridine rings is 1. The van der Waals surface area contributed by atoms with Gasteiger partial charge in [0.15, 0.2) is 6.10 Å². The molecule has 2 heterocycles. The first-order chi connectivity index (χ1) is 25.7. The maximum atomic E-state index is 15.0. The molecule has 4 amide bonds. The molecule has 1 aromatic heterocycles. The van der Waals surface area contributed by atoms with Gasteiger partial charge in [-0.05, 0) is 74.6 Å². The lowest BCUT2D eigenvalue weighted by molar-refractivity contribution is -0.789. The van der Waals surface area contributed by atoms with Gasteiger partial charge in [-0.25, -0.2) is 40.9 Å². The number of likely N-dealkylation sites (tertiary alicyclic amines) is 1. The molecule has 2 aliphatic carbocycles. The lowest BCUT2D eigenvalue weighted by Gasteiger charge is -2.37. The van der Waals surface area contributed by atoms with Crippen molar-refractivity contribution in [2.75, 3.05) is 18.0 Å². The normalized spacial score (nSPS) is 27.0. The van der Waals surface area contributed by atoms with Crippen molar-refractivity contribution in [1.29, 1.82) is 0 Å². The minimum atomic E-state index is -4.32. The van der Waals surface area contributed by atoms with Crippen LogP contribution in [0.25, 0.3) is 10.8 Å². The highest BCUT2D eigenvalue weighted by atomic mass is 35.5. The molecule has 296 valence electrons. The van der Waals surface area contributed by atoms with E-state index in [0.29, 0.717) is 38.7 Å². The zero-order valence-electron chi connectivity index (χ0n) is 31.1. The number of hydrogen-bond donors (Lipinski definition) is 3. The number of anilines is 1. The third kappa shape index (κ3) is 6.99. The van der Waals surface area contributed by atoms with Gasteiger partial charge < -0.3 is 15.2 Å². The van der Waals surface area contributed by atoms with E-state index in [1.54, 1.807) is 39.0 Å². The first-order valence-electron chi connectivity index (χ1n) is 17.9. The number of benzene rings is 2. The molecule has 0 spiro atoms. The number of rotatable bonds is 12. The summed E-state index contributed by atoms with van der Waals surface area (Å²) in [6, 6.07) is 7.03. The summed E-state index contributed by atoms with van der Waals surface area (Å²) in [5.41, 5.74) is 4.55. The number of sulfonamides is 2. The quantitative estimate of drug-likeness (QED) is 0.176. The molecule has 3 aromatic rings. The number of aromatic nitrogens is 1. The molecule has 5 N–H and O–H groups in total. The maximum Gasteiger partial charge on any atom is 0.425 e. The lowest BCUT2D eigenvalue weighted by atomic mass is 9.99. The molecule has 18 heteroatoms. The number of imide groups is 1. The summed E-state index contributed by atoms with van der Waals surface area (Å²) in [4.78, 5) is 48.6. The molecule has 55 heavy (non-hydrogen) atoms. The van der Waals surface area contributed by atoms with Crippen molar-refractivity contribution >= 4 is 66.0 Å². The van der Waals surface area contributed by atoms with Crippen LogP contribution in [0.1, 0.15) is 47.0 Å². The number of fused-ring (bicyclic) bond motifs is 1. The number of nitrogens with two attached hydrogens (primary N) is 2. The van der Waals surface area contributed by atoms with Gasteiger partial charge in [-0.3, -0.25) is 10.1 Å². The standard InChI is InChI=1S/C37H45ClN6O9S2/c1-7-23-17-37(23,35(46)43(55(50,51)27-13-14-27)25-9-11-26(12-10-25)54(40,48)49)42-36(47)44(34(45)32(39)20(2)3)19-31(21(4)22(44)5)53-33-29-16-24(38)8-15-28(29)30(52-6)18-41-33/h7-12,15-16,18,20-23,27,31-32H,1,13-14,17,19,39H2,2-6H3,(H2-,40,42,47,48,49)/p+1/t21?,22?,23-,31+,32?,37-,44?/m1/s1. The summed E-state index contributed by atoms with van der Waals surface area (Å²) in [6.07, 6.45) is 2.80. The summed E-state index contributed by atoms with van der Waals surface area (Å²) < 4.78 is 63.6. The summed E-state index contributed by atoms with van der Waals surface area (Å²) >= 11 is 6.36. The number of urea groups is 1. The van der Waals surface area contributed by atoms with E-state index >= 15 is 4.79 Å². The molecule has 1 aliphatic heterocycles. The van der Waals surface area contributed by atoms with Crippen LogP contribution >= 0.6 is 11.6 Å². The predicted octanol–water partition coefficient (Wildman–Crippen LogP) is 3.84. The van der Waals surface area contributed by atoms with E-state index in [0.717, 1.165) is 12.1 Å². The zero-order chi connectivity index (χ0) is 40.4. The fraction of sp³-hybridized carbons (Fsp3) is 0.459. The SMILES string of the molecule is C=C[C@@H]1C[C@]1(NC(=O)[N+]1(C(=O)C(N)C(C)C)C[C@H](Oc2ncc(OC)c3ccc(Cl)cc23)C(C)C1C)C(=O)N(c1ccc(S(N)(=O)=O)cc1)S(=O)(=O)C1CC1. The van der Waals surface area contributed by atoms with E-state index in [1.807, 2.05) is 6.92 Å². The molecule has 1 saturated heterocycles. The van der Waals surface area contributed by atoms with Crippen molar-refractivity contribution in [2.24, 2.45) is 28.6 Å². The first kappa shape index (κ1) is 40.5. The minimum absolute atomic E-state index is 0.0101. The molecule has 0 radical (unpaired) electrons. The molecule has 2 saturated carbocycles. The van der Waals surface area contributed by atoms with Crippen LogP contribution in [0.3, 0.4) is 0 Å². The Bertz CT molecular complexity index is 2290. The molecular weight excluding hydrogens is 772 g/mol. The third-order valence-electron chi connectivity index (χ3n) is 11.3. The number of primary sulfonamides is 1. The number of amides is 4. The Morgan fingerprint density at radius 2 is 1.75 bits per heavy atom. The number of halogens is 1. The Balaban J connectivity index is 1.40. The van der Waals surface area contributed by atoms with Crippen molar-refractivity contribution in [1.82, 2.24) is 10.3 Å². The van der Waals surface area contributed by atoms with Gasteiger partial charge >= 0.3 is 11.9 Å². The lowest BCUT2D eigenvalue weighted by Crippen LogP contribution is -2.70. The Morgan fingerprint density at radius 1 is 1.09 bits per heavy atom. The molecule has 0 bridgehead atoms. The van der Waals surface area contributed by atoms with E-state index in [4.69, 9.17) is 31.9 Å². The van der Waals surface area contributed by atoms with Crippen LogP contribution in [0.15, 0.2) is 66.2 Å². The first-order valence-corrected chi connectivity index (χ1v) is 21.3. The average Bonchev–Trinajstić information content (AvgIpc) is 4.07. The molecule has 2 aromatic carbocycles. The molecule has 15 nitrogen and oxygen atoms in total. The Hall–Kier alpha value is -4.13. The Labute approximate surface area is 325 Å². The summed E-state index contributed by atoms with van der Waals surface area (Å²) in [5, 5.41) is 8.91. The maximum absolute atomic E-state index is 15.0. The second-order valence-electron chi connectivity index (χ2n) is 15.0. The monoisotopic (exact) mass is 817 g/mol. The van der Waals surface area contributed by atoms with Gasteiger partial charge in [-0.1, -0.05) is 38.4 Å². The predicted molar refractivity (Wildman–Crippen MR) is 206 cm³/mol. The van der Waals surface area contributed by atoms with Crippen molar-refractivity contribution in [3.8, 4) is 11.6 Å². The number of carbonyl (C=O) groups excluding carboxylic acids is 3. The number of quaternary nitrogens is 1. The fourth-order valence-corrected chi connectivity index (χ4v) is 9.93. The van der Waals surface area contributed by atoms with E-state index in [2.05, 4.69) is 16.9 Å². The topological polar surface area (TPSA) is 218 Å². The van der Waals surface area contributed by atoms with Gasteiger partial charge in [0, 0.05) is 21.7 Å². The molecular formula is C37H46ClN6O9S2+. The molecule has 3 fully saturated rings. The van der Waals surface area contributed by atoms with Crippen LogP contribution in [0.4, 0.5) is 10.5 Å². The van der Waals surface area contributed by atoms with Crippen LogP contribution in [0, 0.1) is 17.8 Å². The van der Waals surface area contributed by atoms with Crippen molar-refractivity contribution in [3.63, 3.8) is 0 Å². The smallest absolute Gasteiger partial charge is 0.425 e. The van der Waals surface area contributed by atoms with E-state index in [9.17, 15) is 26.4 Å². The third-order valence-corrected chi connectivity index (χ3v) is 14.7. The van der Waals surface area contributed by atoms with E-state index in [-0.39, 0.29) is 35.3 Å². The van der Waals surface area contributed by atoms with Crippen LogP contribution in [-0.4, -0.2) is 86.8 Å². The van der Waals surface area contributed by atoms with Gasteiger partial charge in [-0.2, -0.15) is 4.48 Å². The van der Waals surface area contributed by atoms with Crippen molar-refractivity contribution in [2.45, 2.75) is 80.8 Å². The molecule has 4 unspecified atom stereocenters. The highest BCUT2D eigenvalue weighted by Gasteiger charge is 2.68. The summed E-state index contributed by atoms with van der Waals surface area (Å²) in [6.45, 7) is 10.7. The van der Waals surface area contributed by atoms with Crippen LogP contribution < -0.4 is 30.0 Å². The van der Waals surface area contributed by atoms with E-state index < -0.39 is 83.2 Å². The number of methoxy groups -OCH3 is 1. The van der Waals surface area contributed by atoms with Gasteiger partial charge in [0.25, 0.3) is 5.91 Å². The number of nitrogens with one attached hydrogen (secondary N) is 1. The highest BCUT2D eigenvalue weighted by Crippen LogP contribution is 2.49. The van der Waals surface area contributed by atoms with Crippen molar-refractivity contribution in [3.05, 3.63) is 66.3 Å². The van der Waals surface area contributed by atoms with E-state index in [1.165, 1.54) is 31.5 Å². The second-order valence-corrected chi connectivity index (χ2v) is 19.1. The second kappa shape index (κ2) is 14.4. The molecule has 7 atom stereocenters. The molecule has 3 aliphatic rings. The number of hydrogen-bond acceptors (Lipinski definition) is 11. The van der Waals surface area contributed by atoms with Crippen molar-refractivity contribution < 1.29 is 45.2 Å². The summed E-state index contributed by atoms with van der Waals surface area (Å²) in [5.74, 6) is -2.41. The fourth-order valence-electron chi connectivity index (χ4n) is 7.40. The zero-order valence-corrected chi connectivity index (χ0v) is 33.5. The number of ether oxygens (including phenoxy) is 2. The number of carbonyl (C=O) groups is 3. The van der Waals surface area contributed by atoms with Gasteiger partial charge in [-0.15, -0.1) is 6.58 Å². The van der Waals surface area contributed by atoms with Crippen LogP contribution in [-0.2, 0) is 29.6 Å². The largest absolute Gasteiger partial charge is 0.494 e. The van der Waals surface area contributed by atoms with Gasteiger partial charge in [0.05, 0.1) is 35.1 Å². The average molecular weight is 818 g/mol. The number of nitrogens with zero attached hydrogens (tertiary/aromatic N) is 3. The summed E-state index contributed by atoms with van der Waals surface area (Å²) in [7, 11) is -6.94. The Kier molecular flexibility index (Phi) is 10.6. The highest BCUT2D eigenvalue weighted by molar-refractivity contribution is 7.94. The van der Waals surface area contributed by atoms with Gasteiger partial charge in [0.1, 0.15) is 29.9 Å². The Morgan fingerprint density at radius 3 is 2.29 bits per heavy atom. The van der Waals surface area contributed by atoms with Crippen LogP contribution in [0.5, 0.6) is 11.6 Å². The molecule has 6 rings (SSSR count).